The average molecular weight is 387 g/mol. The van der Waals surface area contributed by atoms with Crippen LogP contribution in [0.1, 0.15) is 18.1 Å². The van der Waals surface area contributed by atoms with Crippen molar-refractivity contribution >= 4 is 17.7 Å². The van der Waals surface area contributed by atoms with Gasteiger partial charge in [0.2, 0.25) is 0 Å². The molecular formula is C21H26N2O3S. The first-order valence-electron chi connectivity index (χ1n) is 9.22. The Morgan fingerprint density at radius 2 is 1.56 bits per heavy atom. The zero-order chi connectivity index (χ0) is 19.2. The van der Waals surface area contributed by atoms with Gasteiger partial charge in [-0.2, -0.15) is 0 Å². The SMILES string of the molecule is CC(C(=O)O)N1CCN(Cc2ccccc2Sc2ccccc2CO)CC1. The van der Waals surface area contributed by atoms with Crippen molar-refractivity contribution in [2.24, 2.45) is 0 Å². The van der Waals surface area contributed by atoms with E-state index in [4.69, 9.17) is 0 Å². The monoisotopic (exact) mass is 386 g/mol. The number of aliphatic hydroxyl groups is 1. The Labute approximate surface area is 164 Å². The van der Waals surface area contributed by atoms with Crippen LogP contribution < -0.4 is 0 Å². The third-order valence-corrected chi connectivity index (χ3v) is 6.28. The zero-order valence-corrected chi connectivity index (χ0v) is 16.4. The second-order valence-corrected chi connectivity index (χ2v) is 7.89. The van der Waals surface area contributed by atoms with Gasteiger partial charge in [0.1, 0.15) is 6.04 Å². The molecule has 0 spiro atoms. The number of carbonyl (C=O) groups is 1. The molecule has 27 heavy (non-hydrogen) atoms. The van der Waals surface area contributed by atoms with Gasteiger partial charge in [0, 0.05) is 42.5 Å². The molecule has 0 saturated carbocycles. The van der Waals surface area contributed by atoms with E-state index >= 15 is 0 Å². The molecule has 0 aliphatic carbocycles. The number of carboxylic acid groups (broad SMARTS) is 1. The number of piperazine rings is 1. The number of hydrogen-bond donors (Lipinski definition) is 2. The molecule has 0 bridgehead atoms. The van der Waals surface area contributed by atoms with Crippen LogP contribution in [0.15, 0.2) is 58.3 Å². The van der Waals surface area contributed by atoms with Crippen LogP contribution in [0.5, 0.6) is 0 Å². The molecule has 1 fully saturated rings. The van der Waals surface area contributed by atoms with E-state index in [1.165, 1.54) is 10.5 Å². The smallest absolute Gasteiger partial charge is 0.320 e. The Kier molecular flexibility index (Phi) is 6.90. The van der Waals surface area contributed by atoms with Crippen molar-refractivity contribution in [3.8, 4) is 0 Å². The van der Waals surface area contributed by atoms with Crippen LogP contribution in [-0.4, -0.2) is 58.2 Å². The predicted molar refractivity (Wildman–Crippen MR) is 107 cm³/mol. The molecule has 1 aliphatic rings. The molecule has 1 heterocycles. The summed E-state index contributed by atoms with van der Waals surface area (Å²) in [6, 6.07) is 15.9. The van der Waals surface area contributed by atoms with Crippen molar-refractivity contribution in [2.45, 2.75) is 35.9 Å². The highest BCUT2D eigenvalue weighted by atomic mass is 32.2. The minimum absolute atomic E-state index is 0.0368. The predicted octanol–water partition coefficient (Wildman–Crippen LogP) is 2.92. The van der Waals surface area contributed by atoms with Gasteiger partial charge >= 0.3 is 5.97 Å². The van der Waals surface area contributed by atoms with Gasteiger partial charge in [0.15, 0.2) is 0 Å². The number of aliphatic carboxylic acids is 1. The first kappa shape index (κ1) is 19.9. The van der Waals surface area contributed by atoms with Gasteiger partial charge in [-0.1, -0.05) is 48.2 Å². The van der Waals surface area contributed by atoms with E-state index in [1.807, 2.05) is 35.2 Å². The molecule has 144 valence electrons. The maximum absolute atomic E-state index is 11.2. The zero-order valence-electron chi connectivity index (χ0n) is 15.5. The molecule has 2 aromatic rings. The van der Waals surface area contributed by atoms with Crippen LogP contribution in [0, 0.1) is 0 Å². The van der Waals surface area contributed by atoms with Gasteiger partial charge < -0.3 is 10.2 Å². The lowest BCUT2D eigenvalue weighted by molar-refractivity contribution is -0.143. The Balaban J connectivity index is 1.66. The third kappa shape index (κ3) is 5.11. The molecule has 1 saturated heterocycles. The molecule has 1 aliphatic heterocycles. The van der Waals surface area contributed by atoms with E-state index < -0.39 is 12.0 Å². The van der Waals surface area contributed by atoms with Gasteiger partial charge in [-0.15, -0.1) is 0 Å². The fraction of sp³-hybridized carbons (Fsp3) is 0.381. The van der Waals surface area contributed by atoms with Gasteiger partial charge in [-0.25, -0.2) is 0 Å². The van der Waals surface area contributed by atoms with Crippen molar-refractivity contribution in [3.05, 3.63) is 59.7 Å². The van der Waals surface area contributed by atoms with Gasteiger partial charge in [0.05, 0.1) is 6.61 Å². The van der Waals surface area contributed by atoms with Gasteiger partial charge in [0.25, 0.3) is 0 Å². The lowest BCUT2D eigenvalue weighted by Crippen LogP contribution is -2.51. The molecule has 6 heteroatoms. The normalized spacial score (nSPS) is 17.0. The van der Waals surface area contributed by atoms with Gasteiger partial charge in [-0.3, -0.25) is 14.6 Å². The number of benzene rings is 2. The molecule has 1 atom stereocenters. The summed E-state index contributed by atoms with van der Waals surface area (Å²) >= 11 is 1.69. The highest BCUT2D eigenvalue weighted by Crippen LogP contribution is 2.33. The molecular weight excluding hydrogens is 360 g/mol. The van der Waals surface area contributed by atoms with Crippen molar-refractivity contribution in [1.29, 1.82) is 0 Å². The maximum atomic E-state index is 11.2. The summed E-state index contributed by atoms with van der Waals surface area (Å²) in [4.78, 5) is 17.8. The molecule has 2 aromatic carbocycles. The van der Waals surface area contributed by atoms with E-state index in [0.29, 0.717) is 0 Å². The number of carboxylic acids is 1. The topological polar surface area (TPSA) is 64.0 Å². The van der Waals surface area contributed by atoms with E-state index in [1.54, 1.807) is 18.7 Å². The fourth-order valence-electron chi connectivity index (χ4n) is 3.29. The molecule has 0 aromatic heterocycles. The Bertz CT molecular complexity index is 776. The second-order valence-electron chi connectivity index (χ2n) is 6.80. The Morgan fingerprint density at radius 3 is 2.15 bits per heavy atom. The lowest BCUT2D eigenvalue weighted by Gasteiger charge is -2.36. The largest absolute Gasteiger partial charge is 0.480 e. The van der Waals surface area contributed by atoms with E-state index in [0.717, 1.165) is 43.2 Å². The minimum Gasteiger partial charge on any atom is -0.480 e. The number of aliphatic hydroxyl groups excluding tert-OH is 1. The summed E-state index contributed by atoms with van der Waals surface area (Å²) in [6.07, 6.45) is 0. The van der Waals surface area contributed by atoms with Crippen LogP contribution >= 0.6 is 11.8 Å². The quantitative estimate of drug-likeness (QED) is 0.763. The van der Waals surface area contributed by atoms with Crippen LogP contribution in [-0.2, 0) is 17.9 Å². The molecule has 5 nitrogen and oxygen atoms in total. The summed E-state index contributed by atoms with van der Waals surface area (Å²) in [7, 11) is 0. The third-order valence-electron chi connectivity index (χ3n) is 5.04. The average Bonchev–Trinajstić information content (AvgIpc) is 2.70. The standard InChI is InChI=1S/C21H26N2O3S/c1-16(21(25)26)23-12-10-22(11-13-23)14-17-6-2-4-8-19(17)27-20-9-5-3-7-18(20)15-24/h2-9,16,24H,10-15H2,1H3,(H,25,26). The summed E-state index contributed by atoms with van der Waals surface area (Å²) in [6.45, 7) is 5.91. The van der Waals surface area contributed by atoms with Crippen molar-refractivity contribution < 1.29 is 15.0 Å². The number of hydrogen-bond acceptors (Lipinski definition) is 5. The summed E-state index contributed by atoms with van der Waals surface area (Å²) in [5, 5.41) is 18.7. The van der Waals surface area contributed by atoms with E-state index in [-0.39, 0.29) is 6.61 Å². The molecule has 0 amide bonds. The highest BCUT2D eigenvalue weighted by molar-refractivity contribution is 7.99. The van der Waals surface area contributed by atoms with E-state index in [9.17, 15) is 15.0 Å². The Hall–Kier alpha value is -1.86. The first-order chi connectivity index (χ1) is 13.1. The highest BCUT2D eigenvalue weighted by Gasteiger charge is 2.25. The number of rotatable bonds is 7. The summed E-state index contributed by atoms with van der Waals surface area (Å²) in [5.74, 6) is -0.757. The van der Waals surface area contributed by atoms with Crippen LogP contribution in [0.2, 0.25) is 0 Å². The lowest BCUT2D eigenvalue weighted by atomic mass is 10.2. The number of nitrogens with zero attached hydrogens (tertiary/aromatic N) is 2. The molecule has 1 unspecified atom stereocenters. The summed E-state index contributed by atoms with van der Waals surface area (Å²) in [5.41, 5.74) is 2.20. The van der Waals surface area contributed by atoms with Crippen molar-refractivity contribution in [3.63, 3.8) is 0 Å². The maximum Gasteiger partial charge on any atom is 0.320 e. The Morgan fingerprint density at radius 1 is 1.00 bits per heavy atom. The van der Waals surface area contributed by atoms with Crippen molar-refractivity contribution in [1.82, 2.24) is 9.80 Å². The molecule has 2 N–H and O–H groups in total. The minimum atomic E-state index is -0.757. The van der Waals surface area contributed by atoms with Crippen LogP contribution in [0.3, 0.4) is 0 Å². The van der Waals surface area contributed by atoms with Crippen molar-refractivity contribution in [2.75, 3.05) is 26.2 Å². The fourth-order valence-corrected chi connectivity index (χ4v) is 4.35. The van der Waals surface area contributed by atoms with Crippen LogP contribution in [0.4, 0.5) is 0 Å². The second kappa shape index (κ2) is 9.37. The van der Waals surface area contributed by atoms with Crippen LogP contribution in [0.25, 0.3) is 0 Å². The van der Waals surface area contributed by atoms with Gasteiger partial charge in [-0.05, 0) is 30.2 Å². The summed E-state index contributed by atoms with van der Waals surface area (Å²) < 4.78 is 0. The molecule has 0 radical (unpaired) electrons. The van der Waals surface area contributed by atoms with E-state index in [2.05, 4.69) is 23.1 Å². The molecule has 3 rings (SSSR count). The first-order valence-corrected chi connectivity index (χ1v) is 10.0.